The Kier molecular flexibility index (Phi) is 2.77. The molecule has 0 spiro atoms. The molecule has 3 nitrogen and oxygen atoms in total. The van der Waals surface area contributed by atoms with Crippen molar-refractivity contribution >= 4 is 11.4 Å². The summed E-state index contributed by atoms with van der Waals surface area (Å²) in [5.41, 5.74) is 8.06. The SMILES string of the molecule is C=C1C=CC(c2ccc(NC)c(C)c2)=NN1. The first-order chi connectivity index (χ1) is 7.70. The van der Waals surface area contributed by atoms with Gasteiger partial charge >= 0.3 is 0 Å². The molecule has 2 rings (SSSR count). The molecule has 0 radical (unpaired) electrons. The largest absolute Gasteiger partial charge is 0.388 e. The van der Waals surface area contributed by atoms with E-state index >= 15 is 0 Å². The van der Waals surface area contributed by atoms with Crippen LogP contribution < -0.4 is 10.7 Å². The quantitative estimate of drug-likeness (QED) is 0.791. The first-order valence-electron chi connectivity index (χ1n) is 5.20. The van der Waals surface area contributed by atoms with Crippen LogP contribution in [0.3, 0.4) is 0 Å². The Labute approximate surface area is 95.6 Å². The summed E-state index contributed by atoms with van der Waals surface area (Å²) in [5.74, 6) is 0. The molecule has 0 saturated heterocycles. The lowest BCUT2D eigenvalue weighted by molar-refractivity contribution is 0.914. The Balaban J connectivity index is 2.32. The Morgan fingerprint density at radius 3 is 2.69 bits per heavy atom. The van der Waals surface area contributed by atoms with Crippen LogP contribution in [0.1, 0.15) is 11.1 Å². The molecule has 0 aliphatic carbocycles. The molecule has 0 bridgehead atoms. The molecule has 0 atom stereocenters. The second-order valence-electron chi connectivity index (χ2n) is 3.75. The van der Waals surface area contributed by atoms with Gasteiger partial charge in [-0.05, 0) is 36.8 Å². The second-order valence-corrected chi connectivity index (χ2v) is 3.75. The van der Waals surface area contributed by atoms with Gasteiger partial charge in [-0.15, -0.1) is 0 Å². The van der Waals surface area contributed by atoms with Gasteiger partial charge in [0.2, 0.25) is 0 Å². The van der Waals surface area contributed by atoms with Crippen LogP contribution in [0.15, 0.2) is 47.7 Å². The van der Waals surface area contributed by atoms with Crippen LogP contribution in [-0.4, -0.2) is 12.8 Å². The Bertz CT molecular complexity index is 484. The Hall–Kier alpha value is -2.03. The molecule has 0 amide bonds. The van der Waals surface area contributed by atoms with Gasteiger partial charge in [-0.3, -0.25) is 5.43 Å². The molecule has 1 heterocycles. The first kappa shape index (κ1) is 10.5. The molecule has 82 valence electrons. The number of hydrogen-bond acceptors (Lipinski definition) is 3. The molecule has 0 fully saturated rings. The van der Waals surface area contributed by atoms with Gasteiger partial charge in [0.05, 0.1) is 5.71 Å². The number of nitrogens with zero attached hydrogens (tertiary/aromatic N) is 1. The molecule has 1 aliphatic rings. The van der Waals surface area contributed by atoms with Crippen molar-refractivity contribution in [3.05, 3.63) is 53.8 Å². The van der Waals surface area contributed by atoms with Crippen LogP contribution in [0.5, 0.6) is 0 Å². The highest BCUT2D eigenvalue weighted by molar-refractivity contribution is 6.09. The topological polar surface area (TPSA) is 36.4 Å². The number of benzene rings is 1. The fourth-order valence-corrected chi connectivity index (χ4v) is 1.65. The van der Waals surface area contributed by atoms with E-state index in [1.807, 2.05) is 19.2 Å². The summed E-state index contributed by atoms with van der Waals surface area (Å²) in [6.45, 7) is 5.85. The lowest BCUT2D eigenvalue weighted by atomic mass is 10.0. The maximum absolute atomic E-state index is 4.24. The summed E-state index contributed by atoms with van der Waals surface area (Å²) in [7, 11) is 1.92. The minimum Gasteiger partial charge on any atom is -0.388 e. The van der Waals surface area contributed by atoms with E-state index in [4.69, 9.17) is 0 Å². The van der Waals surface area contributed by atoms with Crippen LogP contribution in [0.4, 0.5) is 5.69 Å². The molecule has 2 N–H and O–H groups in total. The molecule has 16 heavy (non-hydrogen) atoms. The number of anilines is 1. The Morgan fingerprint density at radius 2 is 2.12 bits per heavy atom. The zero-order chi connectivity index (χ0) is 11.5. The van der Waals surface area contributed by atoms with Crippen molar-refractivity contribution < 1.29 is 0 Å². The maximum atomic E-state index is 4.24. The number of nitrogens with one attached hydrogen (secondary N) is 2. The summed E-state index contributed by atoms with van der Waals surface area (Å²) in [5, 5.41) is 7.38. The number of aryl methyl sites for hydroxylation is 1. The minimum atomic E-state index is 0.812. The van der Waals surface area contributed by atoms with Gasteiger partial charge in [-0.25, -0.2) is 0 Å². The summed E-state index contributed by atoms with van der Waals surface area (Å²) >= 11 is 0. The van der Waals surface area contributed by atoms with E-state index in [2.05, 4.69) is 47.5 Å². The van der Waals surface area contributed by atoms with Crippen LogP contribution in [0.25, 0.3) is 0 Å². The average molecular weight is 213 g/mol. The second kappa shape index (κ2) is 4.23. The third-order valence-electron chi connectivity index (χ3n) is 2.55. The van der Waals surface area contributed by atoms with Crippen molar-refractivity contribution in [1.82, 2.24) is 5.43 Å². The van der Waals surface area contributed by atoms with Crippen LogP contribution in [-0.2, 0) is 0 Å². The molecule has 1 aromatic carbocycles. The highest BCUT2D eigenvalue weighted by atomic mass is 15.3. The van der Waals surface area contributed by atoms with Crippen molar-refractivity contribution in [3.8, 4) is 0 Å². The summed E-state index contributed by atoms with van der Waals surface area (Å²) in [6.07, 6.45) is 3.89. The number of hydrazone groups is 1. The van der Waals surface area contributed by atoms with Crippen molar-refractivity contribution in [2.45, 2.75) is 6.92 Å². The van der Waals surface area contributed by atoms with E-state index in [0.29, 0.717) is 0 Å². The maximum Gasteiger partial charge on any atom is 0.0906 e. The van der Waals surface area contributed by atoms with Gasteiger partial charge in [0, 0.05) is 24.0 Å². The highest BCUT2D eigenvalue weighted by Gasteiger charge is 2.05. The fourth-order valence-electron chi connectivity index (χ4n) is 1.65. The average Bonchev–Trinajstić information content (AvgIpc) is 2.30. The predicted molar refractivity (Wildman–Crippen MR) is 68.7 cm³/mol. The van der Waals surface area contributed by atoms with Crippen LogP contribution in [0, 0.1) is 6.92 Å². The van der Waals surface area contributed by atoms with Crippen LogP contribution >= 0.6 is 0 Å². The molecular formula is C13H15N3. The van der Waals surface area contributed by atoms with Crippen molar-refractivity contribution in [2.24, 2.45) is 5.10 Å². The molecule has 0 aromatic heterocycles. The van der Waals surface area contributed by atoms with Crippen LogP contribution in [0.2, 0.25) is 0 Å². The van der Waals surface area contributed by atoms with E-state index < -0.39 is 0 Å². The van der Waals surface area contributed by atoms with Crippen molar-refractivity contribution in [1.29, 1.82) is 0 Å². The minimum absolute atomic E-state index is 0.812. The molecule has 3 heteroatoms. The molecule has 1 aromatic rings. The lowest BCUT2D eigenvalue weighted by Crippen LogP contribution is -2.12. The summed E-state index contributed by atoms with van der Waals surface area (Å²) < 4.78 is 0. The van der Waals surface area contributed by atoms with Crippen molar-refractivity contribution in [2.75, 3.05) is 12.4 Å². The molecule has 1 aliphatic heterocycles. The van der Waals surface area contributed by atoms with Gasteiger partial charge in [0.15, 0.2) is 0 Å². The van der Waals surface area contributed by atoms with E-state index in [9.17, 15) is 0 Å². The monoisotopic (exact) mass is 213 g/mol. The van der Waals surface area contributed by atoms with E-state index in [1.54, 1.807) is 0 Å². The van der Waals surface area contributed by atoms with Gasteiger partial charge in [0.1, 0.15) is 0 Å². The highest BCUT2D eigenvalue weighted by Crippen LogP contribution is 2.17. The normalized spacial score (nSPS) is 14.4. The molecule has 0 saturated carbocycles. The Morgan fingerprint density at radius 1 is 1.31 bits per heavy atom. The lowest BCUT2D eigenvalue weighted by Gasteiger charge is -2.11. The third kappa shape index (κ3) is 1.98. The van der Waals surface area contributed by atoms with E-state index in [1.165, 1.54) is 5.56 Å². The van der Waals surface area contributed by atoms with Crippen molar-refractivity contribution in [3.63, 3.8) is 0 Å². The summed E-state index contributed by atoms with van der Waals surface area (Å²) in [6, 6.07) is 6.23. The van der Waals surface area contributed by atoms with Gasteiger partial charge < -0.3 is 5.32 Å². The predicted octanol–water partition coefficient (Wildman–Crippen LogP) is 2.41. The molecular weight excluding hydrogens is 198 g/mol. The van der Waals surface area contributed by atoms with E-state index in [-0.39, 0.29) is 0 Å². The number of rotatable bonds is 2. The number of hydrogen-bond donors (Lipinski definition) is 2. The third-order valence-corrected chi connectivity index (χ3v) is 2.55. The molecule has 0 unspecified atom stereocenters. The van der Waals surface area contributed by atoms with E-state index in [0.717, 1.165) is 22.7 Å². The standard InChI is InChI=1S/C13H15N3/c1-9-8-11(5-7-12(9)14-3)13-6-4-10(2)15-16-13/h4-8,14-15H,2H2,1,3H3. The van der Waals surface area contributed by atoms with Gasteiger partial charge in [0.25, 0.3) is 0 Å². The van der Waals surface area contributed by atoms with Gasteiger partial charge in [-0.1, -0.05) is 12.6 Å². The number of allylic oxidation sites excluding steroid dienone is 2. The zero-order valence-electron chi connectivity index (χ0n) is 9.54. The van der Waals surface area contributed by atoms with Gasteiger partial charge in [-0.2, -0.15) is 5.10 Å². The smallest absolute Gasteiger partial charge is 0.0906 e. The fraction of sp³-hybridized carbons (Fsp3) is 0.154. The zero-order valence-corrected chi connectivity index (χ0v) is 9.54. The first-order valence-corrected chi connectivity index (χ1v) is 5.20. The summed E-state index contributed by atoms with van der Waals surface area (Å²) in [4.78, 5) is 0.